The molecule has 0 fully saturated rings. The van der Waals surface area contributed by atoms with Crippen LogP contribution in [-0.2, 0) is 0 Å². The van der Waals surface area contributed by atoms with Crippen molar-refractivity contribution in [3.8, 4) is 0 Å². The van der Waals surface area contributed by atoms with Gasteiger partial charge in [0.2, 0.25) is 0 Å². The number of hydrogen-bond donors (Lipinski definition) is 1. The molecule has 0 radical (unpaired) electrons. The Hall–Kier alpha value is -0.830. The summed E-state index contributed by atoms with van der Waals surface area (Å²) in [6.07, 6.45) is 0. The highest BCUT2D eigenvalue weighted by atomic mass is 79.9. The van der Waals surface area contributed by atoms with Gasteiger partial charge in [-0.2, -0.15) is 0 Å². The van der Waals surface area contributed by atoms with E-state index in [1.165, 1.54) is 0 Å². The predicted octanol–water partition coefficient (Wildman–Crippen LogP) is 5.78. The van der Waals surface area contributed by atoms with Gasteiger partial charge in [-0.3, -0.25) is 9.59 Å². The molecular formula is C16H6Br4N2O2. The Balaban J connectivity index is 1.94. The average Bonchev–Trinajstić information content (AvgIpc) is 3.09. The van der Waals surface area contributed by atoms with Gasteiger partial charge in [-0.25, -0.2) is 4.98 Å². The average molecular weight is 578 g/mol. The van der Waals surface area contributed by atoms with Gasteiger partial charge in [-0.1, -0.05) is 12.1 Å². The minimum Gasteiger partial charge on any atom is -0.341 e. The molecule has 4 nitrogen and oxygen atoms in total. The van der Waals surface area contributed by atoms with E-state index >= 15 is 0 Å². The Bertz CT molecular complexity index is 978. The first-order valence-electron chi connectivity index (χ1n) is 6.80. The van der Waals surface area contributed by atoms with E-state index < -0.39 is 5.92 Å². The number of rotatable bonds is 1. The zero-order valence-corrected chi connectivity index (χ0v) is 18.0. The molecule has 8 heteroatoms. The van der Waals surface area contributed by atoms with Crippen molar-refractivity contribution in [1.29, 1.82) is 0 Å². The van der Waals surface area contributed by atoms with E-state index in [4.69, 9.17) is 0 Å². The minimum atomic E-state index is -0.957. The van der Waals surface area contributed by atoms with Crippen molar-refractivity contribution >= 4 is 86.3 Å². The highest BCUT2D eigenvalue weighted by Crippen LogP contribution is 2.48. The van der Waals surface area contributed by atoms with Crippen LogP contribution in [0.3, 0.4) is 0 Å². The Morgan fingerprint density at radius 3 is 1.92 bits per heavy atom. The number of imidazole rings is 1. The second-order valence-corrected chi connectivity index (χ2v) is 8.48. The van der Waals surface area contributed by atoms with E-state index in [9.17, 15) is 9.59 Å². The monoisotopic (exact) mass is 574 g/mol. The molecule has 120 valence electrons. The summed E-state index contributed by atoms with van der Waals surface area (Å²) in [6.45, 7) is 0. The molecule has 0 bridgehead atoms. The third-order valence-corrected chi connectivity index (χ3v) is 8.73. The number of halogens is 4. The predicted molar refractivity (Wildman–Crippen MR) is 105 cm³/mol. The van der Waals surface area contributed by atoms with E-state index in [0.717, 1.165) is 11.0 Å². The van der Waals surface area contributed by atoms with Crippen molar-refractivity contribution < 1.29 is 9.59 Å². The Labute approximate surface area is 169 Å². The van der Waals surface area contributed by atoms with Crippen LogP contribution in [0.15, 0.2) is 42.2 Å². The summed E-state index contributed by atoms with van der Waals surface area (Å²) in [4.78, 5) is 33.4. The number of fused-ring (bicyclic) bond motifs is 2. The Morgan fingerprint density at radius 1 is 0.833 bits per heavy atom. The summed E-state index contributed by atoms with van der Waals surface area (Å²) in [5.74, 6) is -1.13. The van der Waals surface area contributed by atoms with Gasteiger partial charge in [0.15, 0.2) is 11.6 Å². The number of para-hydroxylation sites is 2. The maximum atomic E-state index is 13.0. The van der Waals surface area contributed by atoms with Crippen LogP contribution in [0.4, 0.5) is 0 Å². The SMILES string of the molecule is O=C1c2c(Br)c(Br)c(Br)c(Br)c2C(=O)C1c1nc2ccccc2[nH]1. The fraction of sp³-hybridized carbons (Fsp3) is 0.0625. The number of hydrogen-bond acceptors (Lipinski definition) is 3. The number of carbonyl (C=O) groups excluding carboxylic acids is 2. The van der Waals surface area contributed by atoms with Crippen LogP contribution in [0.5, 0.6) is 0 Å². The van der Waals surface area contributed by atoms with Crippen LogP contribution in [0.25, 0.3) is 11.0 Å². The topological polar surface area (TPSA) is 62.8 Å². The van der Waals surface area contributed by atoms with E-state index in [0.29, 0.717) is 34.8 Å². The number of nitrogens with one attached hydrogen (secondary N) is 1. The smallest absolute Gasteiger partial charge is 0.183 e. The van der Waals surface area contributed by atoms with Crippen molar-refractivity contribution in [1.82, 2.24) is 9.97 Å². The van der Waals surface area contributed by atoms with Crippen molar-refractivity contribution in [3.05, 3.63) is 59.1 Å². The van der Waals surface area contributed by atoms with Gasteiger partial charge in [0.05, 0.1) is 11.0 Å². The molecule has 0 saturated carbocycles. The summed E-state index contributed by atoms with van der Waals surface area (Å²) in [6, 6.07) is 7.44. The maximum absolute atomic E-state index is 13.0. The Kier molecular flexibility index (Phi) is 4.06. The minimum absolute atomic E-state index is 0.269. The van der Waals surface area contributed by atoms with E-state index in [-0.39, 0.29) is 11.6 Å². The molecule has 1 heterocycles. The van der Waals surface area contributed by atoms with Crippen LogP contribution in [0, 0.1) is 0 Å². The lowest BCUT2D eigenvalue weighted by Crippen LogP contribution is -2.14. The number of aromatic amines is 1. The molecule has 1 aliphatic rings. The molecule has 24 heavy (non-hydrogen) atoms. The van der Waals surface area contributed by atoms with Crippen molar-refractivity contribution in [2.24, 2.45) is 0 Å². The zero-order valence-electron chi connectivity index (χ0n) is 11.7. The summed E-state index contributed by atoms with van der Waals surface area (Å²) in [5, 5.41) is 0. The molecule has 0 aliphatic heterocycles. The summed E-state index contributed by atoms with van der Waals surface area (Å²) < 4.78 is 2.48. The zero-order chi connectivity index (χ0) is 17.2. The molecular weight excluding hydrogens is 572 g/mol. The lowest BCUT2D eigenvalue weighted by molar-refractivity contribution is 0.0886. The van der Waals surface area contributed by atoms with Crippen LogP contribution >= 0.6 is 63.7 Å². The van der Waals surface area contributed by atoms with Crippen LogP contribution < -0.4 is 0 Å². The number of H-pyrrole nitrogens is 1. The molecule has 1 aromatic heterocycles. The first-order valence-corrected chi connectivity index (χ1v) is 9.98. The summed E-state index contributed by atoms with van der Waals surface area (Å²) in [7, 11) is 0. The first-order chi connectivity index (χ1) is 11.4. The molecule has 0 spiro atoms. The Morgan fingerprint density at radius 2 is 1.38 bits per heavy atom. The highest BCUT2D eigenvalue weighted by molar-refractivity contribution is 9.15. The second kappa shape index (κ2) is 5.86. The molecule has 4 rings (SSSR count). The molecule has 1 N–H and O–H groups in total. The van der Waals surface area contributed by atoms with Crippen LogP contribution in [-0.4, -0.2) is 21.5 Å². The lowest BCUT2D eigenvalue weighted by atomic mass is 10.0. The quantitative estimate of drug-likeness (QED) is 0.227. The van der Waals surface area contributed by atoms with Gasteiger partial charge < -0.3 is 4.98 Å². The standard InChI is InChI=1S/C16H6Br4N2O2/c17-10-7-8(11(18)13(20)12(10)19)15(24)9(14(7)23)16-21-5-3-1-2-4-6(5)22-16/h1-4,9H,(H,21,22). The molecule has 2 aromatic carbocycles. The normalized spacial score (nSPS) is 14.7. The molecule has 0 unspecified atom stereocenters. The fourth-order valence-electron chi connectivity index (χ4n) is 2.86. The second-order valence-electron chi connectivity index (χ2n) is 5.31. The highest BCUT2D eigenvalue weighted by Gasteiger charge is 2.45. The number of benzene rings is 2. The van der Waals surface area contributed by atoms with Gasteiger partial charge in [-0.15, -0.1) is 0 Å². The largest absolute Gasteiger partial charge is 0.341 e. The first kappa shape index (κ1) is 16.6. The van der Waals surface area contributed by atoms with Gasteiger partial charge in [-0.05, 0) is 75.9 Å². The van der Waals surface area contributed by atoms with Gasteiger partial charge in [0.25, 0.3) is 0 Å². The van der Waals surface area contributed by atoms with Crippen molar-refractivity contribution in [3.63, 3.8) is 0 Å². The van der Waals surface area contributed by atoms with Gasteiger partial charge in [0, 0.05) is 29.0 Å². The maximum Gasteiger partial charge on any atom is 0.183 e. The summed E-state index contributed by atoms with van der Waals surface area (Å²) in [5.41, 5.74) is 2.26. The number of ketones is 2. The van der Waals surface area contributed by atoms with Crippen molar-refractivity contribution in [2.45, 2.75) is 5.92 Å². The van der Waals surface area contributed by atoms with Crippen LogP contribution in [0.2, 0.25) is 0 Å². The number of Topliss-reactive ketones (excluding diaryl/α,β-unsaturated/α-hetero) is 2. The van der Waals surface area contributed by atoms with Gasteiger partial charge in [0.1, 0.15) is 11.7 Å². The number of aromatic nitrogens is 2. The number of nitrogens with zero attached hydrogens (tertiary/aromatic N) is 1. The van der Waals surface area contributed by atoms with E-state index in [1.54, 1.807) is 0 Å². The fourth-order valence-corrected chi connectivity index (χ4v) is 5.37. The lowest BCUT2D eigenvalue weighted by Gasteiger charge is -2.08. The van der Waals surface area contributed by atoms with E-state index in [2.05, 4.69) is 73.7 Å². The number of carbonyl (C=O) groups is 2. The third-order valence-electron chi connectivity index (χ3n) is 3.97. The molecule has 0 atom stereocenters. The molecule has 0 saturated heterocycles. The summed E-state index contributed by atoms with van der Waals surface area (Å²) >= 11 is 13.7. The van der Waals surface area contributed by atoms with Crippen molar-refractivity contribution in [2.75, 3.05) is 0 Å². The van der Waals surface area contributed by atoms with E-state index in [1.807, 2.05) is 24.3 Å². The molecule has 3 aromatic rings. The van der Waals surface area contributed by atoms with Crippen LogP contribution in [0.1, 0.15) is 32.5 Å². The molecule has 1 aliphatic carbocycles. The molecule has 0 amide bonds. The van der Waals surface area contributed by atoms with Gasteiger partial charge >= 0.3 is 0 Å². The third kappa shape index (κ3) is 2.23.